The van der Waals surface area contributed by atoms with Crippen LogP contribution in [0.25, 0.3) is 0 Å². The summed E-state index contributed by atoms with van der Waals surface area (Å²) in [6, 6.07) is 0. The maximum absolute atomic E-state index is 12.7. The molecular formula is C22H34N4O9S. The summed E-state index contributed by atoms with van der Waals surface area (Å²) in [5.41, 5.74) is -0.563. The minimum Gasteiger partial charge on any atom is -0.481 e. The van der Waals surface area contributed by atoms with E-state index in [9.17, 15) is 19.2 Å². The highest BCUT2D eigenvalue weighted by Crippen LogP contribution is 2.27. The summed E-state index contributed by atoms with van der Waals surface area (Å²) in [4.78, 5) is 51.0. The molecule has 1 aromatic heterocycles. The fourth-order valence-corrected chi connectivity index (χ4v) is 3.90. The highest BCUT2D eigenvalue weighted by molar-refractivity contribution is 6.99. The van der Waals surface area contributed by atoms with Crippen LogP contribution in [-0.2, 0) is 33.4 Å². The van der Waals surface area contributed by atoms with Crippen LogP contribution in [0.5, 0.6) is 5.88 Å². The molecule has 13 nitrogen and oxygen atoms in total. The van der Waals surface area contributed by atoms with Crippen LogP contribution in [0.1, 0.15) is 47.5 Å². The molecule has 1 saturated heterocycles. The number of nitrogens with zero attached hydrogens (tertiary/aromatic N) is 4. The van der Waals surface area contributed by atoms with E-state index in [-0.39, 0.29) is 31.4 Å². The summed E-state index contributed by atoms with van der Waals surface area (Å²) < 4.78 is 30.3. The fraction of sp³-hybridized carbons (Fsp3) is 0.727. The van der Waals surface area contributed by atoms with E-state index in [1.165, 1.54) is 13.8 Å². The Morgan fingerprint density at radius 1 is 1.14 bits per heavy atom. The van der Waals surface area contributed by atoms with E-state index < -0.39 is 42.1 Å². The lowest BCUT2D eigenvalue weighted by molar-refractivity contribution is -0.173. The van der Waals surface area contributed by atoms with Crippen molar-refractivity contribution >= 4 is 41.4 Å². The number of rotatable bonds is 12. The van der Waals surface area contributed by atoms with E-state index in [0.717, 1.165) is 11.7 Å². The highest BCUT2D eigenvalue weighted by Gasteiger charge is 2.31. The molecule has 202 valence electrons. The van der Waals surface area contributed by atoms with Gasteiger partial charge in [-0.15, -0.1) is 4.37 Å². The van der Waals surface area contributed by atoms with Crippen molar-refractivity contribution in [1.82, 2.24) is 13.6 Å². The predicted molar refractivity (Wildman–Crippen MR) is 128 cm³/mol. The van der Waals surface area contributed by atoms with Crippen LogP contribution in [0.3, 0.4) is 0 Å². The first-order valence-corrected chi connectivity index (χ1v) is 12.3. The molecule has 1 fully saturated rings. The molecule has 2 rings (SSSR count). The Morgan fingerprint density at radius 2 is 1.81 bits per heavy atom. The number of aromatic nitrogens is 2. The average Bonchev–Trinajstić information content (AvgIpc) is 3.27. The summed E-state index contributed by atoms with van der Waals surface area (Å²) in [5, 5.41) is 8.70. The van der Waals surface area contributed by atoms with Crippen molar-refractivity contribution in [2.24, 2.45) is 0 Å². The van der Waals surface area contributed by atoms with Gasteiger partial charge in [-0.2, -0.15) is 4.37 Å². The van der Waals surface area contributed by atoms with Gasteiger partial charge in [0.1, 0.15) is 6.61 Å². The number of hydrogen-bond acceptors (Lipinski definition) is 12. The van der Waals surface area contributed by atoms with Crippen molar-refractivity contribution < 1.29 is 43.2 Å². The number of anilines is 1. The molecule has 1 amide bonds. The van der Waals surface area contributed by atoms with Gasteiger partial charge >= 0.3 is 17.9 Å². The van der Waals surface area contributed by atoms with Crippen molar-refractivity contribution in [2.75, 3.05) is 44.4 Å². The van der Waals surface area contributed by atoms with Crippen LogP contribution in [0.15, 0.2) is 0 Å². The summed E-state index contributed by atoms with van der Waals surface area (Å²) >= 11 is 0.988. The van der Waals surface area contributed by atoms with E-state index >= 15 is 0 Å². The summed E-state index contributed by atoms with van der Waals surface area (Å²) in [5.74, 6) is -2.22. The van der Waals surface area contributed by atoms with Gasteiger partial charge in [0.15, 0.2) is 12.2 Å². The number of ether oxygens (including phenoxy) is 4. The number of carboxylic acids is 1. The lowest BCUT2D eigenvalue weighted by atomic mass is 10.1. The van der Waals surface area contributed by atoms with Crippen LogP contribution in [0, 0.1) is 0 Å². The second-order valence-corrected chi connectivity index (χ2v) is 9.72. The molecular weight excluding hydrogens is 496 g/mol. The number of carbonyl (C=O) groups excluding carboxylic acids is 3. The van der Waals surface area contributed by atoms with E-state index in [0.29, 0.717) is 32.1 Å². The molecule has 0 aromatic carbocycles. The molecule has 0 aliphatic carbocycles. The summed E-state index contributed by atoms with van der Waals surface area (Å²) in [6.07, 6.45) is -2.98. The van der Waals surface area contributed by atoms with Gasteiger partial charge < -0.3 is 33.9 Å². The van der Waals surface area contributed by atoms with E-state index in [2.05, 4.69) is 8.75 Å². The largest absolute Gasteiger partial charge is 0.481 e. The van der Waals surface area contributed by atoms with Gasteiger partial charge in [0.2, 0.25) is 11.7 Å². The molecule has 36 heavy (non-hydrogen) atoms. The molecule has 14 heteroatoms. The zero-order valence-electron chi connectivity index (χ0n) is 21.2. The Bertz CT molecular complexity index is 912. The number of carbonyl (C=O) groups is 4. The van der Waals surface area contributed by atoms with E-state index in [1.54, 1.807) is 4.90 Å². The Balaban J connectivity index is 2.10. The standard InChI is InChI=1S/C22H34N4O9S/c1-14(34-18(30)7-6-17(28)29)21(31)35-16(12-26(15(2)27)22(3,4)5)13-33-20-19(23-36-24-20)25-8-10-32-11-9-25/h14,16H,6-13H2,1-5H3,(H,28,29)/t14?,16-/m0/s1. The zero-order chi connectivity index (χ0) is 26.9. The number of aliphatic carboxylic acids is 1. The Morgan fingerprint density at radius 3 is 2.39 bits per heavy atom. The third-order valence-electron chi connectivity index (χ3n) is 5.20. The quantitative estimate of drug-likeness (QED) is 0.384. The second-order valence-electron chi connectivity index (χ2n) is 9.19. The molecule has 2 atom stereocenters. The first-order chi connectivity index (χ1) is 16.9. The van der Waals surface area contributed by atoms with Gasteiger partial charge in [-0.25, -0.2) is 4.79 Å². The molecule has 1 unspecified atom stereocenters. The minimum absolute atomic E-state index is 0.0225. The van der Waals surface area contributed by atoms with Crippen molar-refractivity contribution in [3.8, 4) is 5.88 Å². The molecule has 0 saturated carbocycles. The molecule has 2 heterocycles. The first kappa shape index (κ1) is 29.2. The average molecular weight is 531 g/mol. The Hall–Kier alpha value is -3.00. The number of morpholine rings is 1. The smallest absolute Gasteiger partial charge is 0.347 e. The number of amides is 1. The Labute approximate surface area is 214 Å². The molecule has 1 aliphatic rings. The van der Waals surface area contributed by atoms with Gasteiger partial charge in [0.05, 0.1) is 44.3 Å². The van der Waals surface area contributed by atoms with Crippen LogP contribution in [-0.4, -0.2) is 99.8 Å². The van der Waals surface area contributed by atoms with Crippen molar-refractivity contribution in [3.63, 3.8) is 0 Å². The topological polar surface area (TPSA) is 158 Å². The van der Waals surface area contributed by atoms with Crippen LogP contribution >= 0.6 is 11.7 Å². The number of hydrogen-bond donors (Lipinski definition) is 1. The SMILES string of the molecule is CC(=O)N(C[C@@H](COc1nsnc1N1CCOCC1)OC(=O)C(C)OC(=O)CCC(=O)O)C(C)(C)C. The molecule has 0 bridgehead atoms. The van der Waals surface area contributed by atoms with E-state index in [4.69, 9.17) is 24.1 Å². The van der Waals surface area contributed by atoms with Gasteiger partial charge in [-0.3, -0.25) is 14.4 Å². The lowest BCUT2D eigenvalue weighted by Gasteiger charge is -2.37. The van der Waals surface area contributed by atoms with Gasteiger partial charge in [-0.1, -0.05) is 0 Å². The highest BCUT2D eigenvalue weighted by atomic mass is 32.1. The first-order valence-electron chi connectivity index (χ1n) is 11.6. The molecule has 0 radical (unpaired) electrons. The van der Waals surface area contributed by atoms with Gasteiger partial charge in [-0.05, 0) is 27.7 Å². The maximum Gasteiger partial charge on any atom is 0.347 e. The summed E-state index contributed by atoms with van der Waals surface area (Å²) in [7, 11) is 0. The molecule has 1 aromatic rings. The maximum atomic E-state index is 12.7. The minimum atomic E-state index is -1.28. The lowest BCUT2D eigenvalue weighted by Crippen LogP contribution is -2.50. The monoisotopic (exact) mass is 530 g/mol. The van der Waals surface area contributed by atoms with Gasteiger partial charge in [0.25, 0.3) is 5.88 Å². The van der Waals surface area contributed by atoms with Crippen LogP contribution in [0.4, 0.5) is 5.82 Å². The Kier molecular flexibility index (Phi) is 10.8. The third kappa shape index (κ3) is 9.22. The van der Waals surface area contributed by atoms with Gasteiger partial charge in [0, 0.05) is 25.6 Å². The fourth-order valence-electron chi connectivity index (χ4n) is 3.38. The van der Waals surface area contributed by atoms with Crippen molar-refractivity contribution in [1.29, 1.82) is 0 Å². The van der Waals surface area contributed by atoms with Crippen LogP contribution < -0.4 is 9.64 Å². The zero-order valence-corrected chi connectivity index (χ0v) is 22.0. The van der Waals surface area contributed by atoms with Crippen molar-refractivity contribution in [2.45, 2.75) is 65.2 Å². The third-order valence-corrected chi connectivity index (χ3v) is 5.70. The van der Waals surface area contributed by atoms with Crippen molar-refractivity contribution in [3.05, 3.63) is 0 Å². The number of esters is 2. The van der Waals surface area contributed by atoms with Crippen LogP contribution in [0.2, 0.25) is 0 Å². The molecule has 1 N–H and O–H groups in total. The molecule has 1 aliphatic heterocycles. The predicted octanol–water partition coefficient (Wildman–Crippen LogP) is 1.11. The molecule has 0 spiro atoms. The normalized spacial score (nSPS) is 15.5. The number of carboxylic acid groups (broad SMARTS) is 1. The second kappa shape index (κ2) is 13.3. The summed E-state index contributed by atoms with van der Waals surface area (Å²) in [6.45, 7) is 10.6. The van der Waals surface area contributed by atoms with E-state index in [1.807, 2.05) is 25.7 Å².